The van der Waals surface area contributed by atoms with Gasteiger partial charge in [-0.1, -0.05) is 13.3 Å². The molecule has 1 aromatic rings. The molecular weight excluding hydrogens is 190 g/mol. The number of ether oxygens (including phenoxy) is 1. The first-order valence-electron chi connectivity index (χ1n) is 5.27. The minimum atomic E-state index is -0.517. The van der Waals surface area contributed by atoms with Crippen LogP contribution in [0.25, 0.3) is 0 Å². The summed E-state index contributed by atoms with van der Waals surface area (Å²) >= 11 is 0. The van der Waals surface area contributed by atoms with Crippen LogP contribution in [-0.2, 0) is 16.6 Å². The van der Waals surface area contributed by atoms with Crippen LogP contribution in [0.1, 0.15) is 30.6 Å². The van der Waals surface area contributed by atoms with Gasteiger partial charge in [0.25, 0.3) is 0 Å². The Labute approximate surface area is 89.3 Å². The lowest BCUT2D eigenvalue weighted by Crippen LogP contribution is -2.46. The summed E-state index contributed by atoms with van der Waals surface area (Å²) in [5.74, 6) is 0.775. The second-order valence-electron chi connectivity index (χ2n) is 4.09. The number of aryl methyl sites for hydroxylation is 2. The Bertz CT molecular complexity index is 398. The third kappa shape index (κ3) is 1.53. The summed E-state index contributed by atoms with van der Waals surface area (Å²) in [5, 5.41) is 9.13. The lowest BCUT2D eigenvalue weighted by Gasteiger charge is -2.32. The highest BCUT2D eigenvalue weighted by Crippen LogP contribution is 2.30. The van der Waals surface area contributed by atoms with E-state index in [2.05, 4.69) is 23.0 Å². The predicted molar refractivity (Wildman–Crippen MR) is 55.4 cm³/mol. The second-order valence-corrected chi connectivity index (χ2v) is 4.09. The van der Waals surface area contributed by atoms with E-state index >= 15 is 0 Å². The van der Waals surface area contributed by atoms with Crippen LogP contribution in [0.15, 0.2) is 0 Å². The number of aromatic nitrogens is 2. The zero-order valence-corrected chi connectivity index (χ0v) is 9.13. The molecule has 0 atom stereocenters. The van der Waals surface area contributed by atoms with Crippen LogP contribution < -0.4 is 0 Å². The van der Waals surface area contributed by atoms with Crippen molar-refractivity contribution in [3.05, 3.63) is 17.2 Å². The van der Waals surface area contributed by atoms with E-state index in [1.54, 1.807) is 0 Å². The number of nitriles is 1. The van der Waals surface area contributed by atoms with E-state index in [0.717, 1.165) is 30.1 Å². The molecule has 1 aromatic heterocycles. The van der Waals surface area contributed by atoms with E-state index in [1.165, 1.54) is 0 Å². The van der Waals surface area contributed by atoms with Crippen LogP contribution in [0.5, 0.6) is 0 Å². The van der Waals surface area contributed by atoms with Gasteiger partial charge in [0.2, 0.25) is 0 Å². The van der Waals surface area contributed by atoms with Gasteiger partial charge >= 0.3 is 0 Å². The number of aromatic amines is 1. The molecule has 0 aromatic carbocycles. The smallest absolute Gasteiger partial charge is 0.161 e. The highest BCUT2D eigenvalue weighted by molar-refractivity contribution is 5.28. The van der Waals surface area contributed by atoms with Gasteiger partial charge in [0.15, 0.2) is 5.41 Å². The normalized spacial score (nSPS) is 18.2. The zero-order chi connectivity index (χ0) is 10.9. The van der Waals surface area contributed by atoms with Gasteiger partial charge in [0.05, 0.1) is 25.0 Å². The molecule has 1 saturated heterocycles. The number of nitrogens with zero attached hydrogens (tertiary/aromatic N) is 2. The van der Waals surface area contributed by atoms with Gasteiger partial charge in [-0.05, 0) is 13.3 Å². The van der Waals surface area contributed by atoms with E-state index in [1.807, 2.05) is 6.92 Å². The Morgan fingerprint density at radius 2 is 2.33 bits per heavy atom. The van der Waals surface area contributed by atoms with Crippen LogP contribution in [0.2, 0.25) is 0 Å². The molecule has 2 heterocycles. The van der Waals surface area contributed by atoms with Gasteiger partial charge in [-0.2, -0.15) is 5.26 Å². The maximum atomic E-state index is 9.13. The van der Waals surface area contributed by atoms with Crippen LogP contribution in [-0.4, -0.2) is 23.2 Å². The number of rotatable bonds is 3. The Morgan fingerprint density at radius 3 is 2.80 bits per heavy atom. The lowest BCUT2D eigenvalue weighted by molar-refractivity contribution is -0.0336. The standard InChI is InChI=1S/C11H15N3O/c1-3-4-9-8(2)13-10(14-9)11(5-12)6-15-7-11/h3-4,6-7H2,1-2H3,(H,13,14). The van der Waals surface area contributed by atoms with Crippen LogP contribution in [0.3, 0.4) is 0 Å². The minimum absolute atomic E-state index is 0.460. The third-order valence-corrected chi connectivity index (χ3v) is 2.84. The van der Waals surface area contributed by atoms with Crippen molar-refractivity contribution >= 4 is 0 Å². The fourth-order valence-electron chi connectivity index (χ4n) is 1.76. The summed E-state index contributed by atoms with van der Waals surface area (Å²) in [4.78, 5) is 7.72. The molecule has 4 heteroatoms. The molecule has 15 heavy (non-hydrogen) atoms. The van der Waals surface area contributed by atoms with Gasteiger partial charge in [0, 0.05) is 5.69 Å². The zero-order valence-electron chi connectivity index (χ0n) is 9.13. The summed E-state index contributed by atoms with van der Waals surface area (Å²) in [5.41, 5.74) is 1.64. The molecule has 0 saturated carbocycles. The first-order valence-corrected chi connectivity index (χ1v) is 5.27. The lowest BCUT2D eigenvalue weighted by atomic mass is 9.87. The van der Waals surface area contributed by atoms with Crippen molar-refractivity contribution in [1.29, 1.82) is 5.26 Å². The Hall–Kier alpha value is -1.34. The minimum Gasteiger partial charge on any atom is -0.377 e. The van der Waals surface area contributed by atoms with E-state index < -0.39 is 5.41 Å². The largest absolute Gasteiger partial charge is 0.377 e. The molecule has 0 radical (unpaired) electrons. The molecule has 1 fully saturated rings. The predicted octanol–water partition coefficient (Wildman–Crippen LogP) is 1.46. The molecule has 80 valence electrons. The summed E-state index contributed by atoms with van der Waals surface area (Å²) in [6.07, 6.45) is 2.03. The summed E-state index contributed by atoms with van der Waals surface area (Å²) in [6.45, 7) is 5.05. The van der Waals surface area contributed by atoms with E-state index in [4.69, 9.17) is 10.00 Å². The van der Waals surface area contributed by atoms with E-state index in [9.17, 15) is 0 Å². The van der Waals surface area contributed by atoms with Crippen LogP contribution in [0, 0.1) is 18.3 Å². The topological polar surface area (TPSA) is 61.7 Å². The van der Waals surface area contributed by atoms with Gasteiger partial charge < -0.3 is 9.72 Å². The molecule has 0 bridgehead atoms. The summed E-state index contributed by atoms with van der Waals surface area (Å²) in [6, 6.07) is 2.30. The maximum absolute atomic E-state index is 9.13. The van der Waals surface area contributed by atoms with Crippen molar-refractivity contribution in [2.45, 2.75) is 32.1 Å². The molecular formula is C11H15N3O. The van der Waals surface area contributed by atoms with Gasteiger partial charge in [-0.25, -0.2) is 4.98 Å². The Kier molecular flexibility index (Phi) is 2.49. The fourth-order valence-corrected chi connectivity index (χ4v) is 1.76. The molecule has 1 aliphatic rings. The highest BCUT2D eigenvalue weighted by atomic mass is 16.5. The van der Waals surface area contributed by atoms with Crippen molar-refractivity contribution in [1.82, 2.24) is 9.97 Å². The van der Waals surface area contributed by atoms with Crippen LogP contribution in [0.4, 0.5) is 0 Å². The molecule has 0 spiro atoms. The van der Waals surface area contributed by atoms with Gasteiger partial charge in [-0.3, -0.25) is 0 Å². The first kappa shape index (κ1) is 10.2. The summed E-state index contributed by atoms with van der Waals surface area (Å²) in [7, 11) is 0. The van der Waals surface area contributed by atoms with Crippen molar-refractivity contribution in [3.63, 3.8) is 0 Å². The highest BCUT2D eigenvalue weighted by Gasteiger charge is 2.43. The first-order chi connectivity index (χ1) is 7.22. The van der Waals surface area contributed by atoms with E-state index in [-0.39, 0.29) is 0 Å². The number of H-pyrrole nitrogens is 1. The van der Waals surface area contributed by atoms with Gasteiger partial charge in [-0.15, -0.1) is 0 Å². The molecule has 1 aliphatic heterocycles. The monoisotopic (exact) mass is 205 g/mol. The van der Waals surface area contributed by atoms with Crippen molar-refractivity contribution in [2.75, 3.05) is 13.2 Å². The second kappa shape index (κ2) is 3.67. The fraction of sp³-hybridized carbons (Fsp3) is 0.636. The average molecular weight is 205 g/mol. The SMILES string of the molecule is CCCc1nc(C2(C#N)COC2)[nH]c1C. The van der Waals surface area contributed by atoms with Crippen molar-refractivity contribution < 1.29 is 4.74 Å². The third-order valence-electron chi connectivity index (χ3n) is 2.84. The Balaban J connectivity index is 2.30. The summed E-state index contributed by atoms with van der Waals surface area (Å²) < 4.78 is 5.11. The molecule has 0 unspecified atom stereocenters. The molecule has 1 N–H and O–H groups in total. The van der Waals surface area contributed by atoms with Crippen molar-refractivity contribution in [2.24, 2.45) is 0 Å². The molecule has 2 rings (SSSR count). The molecule has 0 aliphatic carbocycles. The van der Waals surface area contributed by atoms with E-state index in [0.29, 0.717) is 13.2 Å². The maximum Gasteiger partial charge on any atom is 0.161 e. The molecule has 0 amide bonds. The molecule has 4 nitrogen and oxygen atoms in total. The quantitative estimate of drug-likeness (QED) is 0.812. The average Bonchev–Trinajstić information content (AvgIpc) is 2.48. The number of imidazole rings is 1. The number of nitrogens with one attached hydrogen (secondary N) is 1. The van der Waals surface area contributed by atoms with Gasteiger partial charge in [0.1, 0.15) is 5.82 Å². The number of hydrogen-bond donors (Lipinski definition) is 1. The van der Waals surface area contributed by atoms with Crippen molar-refractivity contribution in [3.8, 4) is 6.07 Å². The number of hydrogen-bond acceptors (Lipinski definition) is 3. The van der Waals surface area contributed by atoms with Crippen LogP contribution >= 0.6 is 0 Å². The Morgan fingerprint density at radius 1 is 1.60 bits per heavy atom.